The van der Waals surface area contributed by atoms with Crippen molar-refractivity contribution < 1.29 is 4.79 Å². The summed E-state index contributed by atoms with van der Waals surface area (Å²) in [7, 11) is 0. The minimum atomic E-state index is -0.205. The number of benzene rings is 2. The second kappa shape index (κ2) is 8.41. The van der Waals surface area contributed by atoms with Crippen LogP contribution in [0.15, 0.2) is 42.5 Å². The second-order valence-corrected chi connectivity index (χ2v) is 7.81. The molecule has 0 aliphatic heterocycles. The van der Waals surface area contributed by atoms with Gasteiger partial charge in [-0.2, -0.15) is 0 Å². The number of aryl methyl sites for hydroxylation is 2. The Balaban J connectivity index is 1.86. The molecule has 0 spiro atoms. The van der Waals surface area contributed by atoms with E-state index in [9.17, 15) is 4.79 Å². The van der Waals surface area contributed by atoms with Crippen LogP contribution in [0.25, 0.3) is 10.6 Å². The number of nitrogens with two attached hydrogens (primary N) is 1. The Bertz CT molecular complexity index is 913. The molecule has 3 aromatic rings. The molecule has 0 aliphatic carbocycles. The normalized spacial score (nSPS) is 12.0. The fraction of sp³-hybridized carbons (Fsp3) is 0.286. The monoisotopic (exact) mass is 380 g/mol. The molecule has 1 amide bonds. The van der Waals surface area contributed by atoms with E-state index < -0.39 is 0 Å². The van der Waals surface area contributed by atoms with Crippen LogP contribution in [0, 0.1) is 13.8 Å². The van der Waals surface area contributed by atoms with Gasteiger partial charge < -0.3 is 11.1 Å². The Morgan fingerprint density at radius 2 is 1.70 bits per heavy atom. The first-order chi connectivity index (χ1) is 12.9. The number of aromatic nitrogens is 2. The minimum absolute atomic E-state index is 0.0817. The summed E-state index contributed by atoms with van der Waals surface area (Å²) in [6, 6.07) is 14.3. The molecule has 3 N–H and O–H groups in total. The Morgan fingerprint density at radius 3 is 2.30 bits per heavy atom. The average Bonchev–Trinajstić information content (AvgIpc) is 3.11. The van der Waals surface area contributed by atoms with Crippen LogP contribution in [0.4, 0.5) is 0 Å². The Labute approximate surface area is 163 Å². The lowest BCUT2D eigenvalue weighted by Crippen LogP contribution is -2.27. The summed E-state index contributed by atoms with van der Waals surface area (Å²) >= 11 is 1.52. The van der Waals surface area contributed by atoms with E-state index >= 15 is 0 Å². The molecule has 0 aliphatic rings. The highest BCUT2D eigenvalue weighted by Crippen LogP contribution is 2.29. The maximum atomic E-state index is 11.7. The average molecular weight is 381 g/mol. The van der Waals surface area contributed by atoms with Crippen LogP contribution in [0.2, 0.25) is 0 Å². The predicted molar refractivity (Wildman–Crippen MR) is 109 cm³/mol. The van der Waals surface area contributed by atoms with Gasteiger partial charge >= 0.3 is 0 Å². The molecule has 27 heavy (non-hydrogen) atoms. The molecule has 1 aromatic heterocycles. The van der Waals surface area contributed by atoms with Crippen molar-refractivity contribution in [1.82, 2.24) is 15.5 Å². The lowest BCUT2D eigenvalue weighted by Gasteiger charge is -2.15. The summed E-state index contributed by atoms with van der Waals surface area (Å²) in [5, 5.41) is 13.4. The molecule has 1 atom stereocenters. The van der Waals surface area contributed by atoms with E-state index in [0.717, 1.165) is 26.7 Å². The van der Waals surface area contributed by atoms with Gasteiger partial charge in [-0.1, -0.05) is 52.8 Å². The molecular formula is C21H24N4OS. The molecule has 2 aromatic carbocycles. The highest BCUT2D eigenvalue weighted by Gasteiger charge is 2.19. The maximum absolute atomic E-state index is 11.7. The summed E-state index contributed by atoms with van der Waals surface area (Å²) in [6.45, 7) is 6.19. The lowest BCUT2D eigenvalue weighted by molar-refractivity contribution is -0.119. The van der Waals surface area contributed by atoms with Gasteiger partial charge in [0.15, 0.2) is 0 Å². The SMILES string of the molecule is CC(=O)NC(Cc1ccc(CN)cc1)c1nnc(-c2cc(C)cc(C)c2)s1. The molecular weight excluding hydrogens is 356 g/mol. The number of nitrogens with zero attached hydrogens (tertiary/aromatic N) is 2. The van der Waals surface area contributed by atoms with Crippen molar-refractivity contribution in [3.63, 3.8) is 0 Å². The van der Waals surface area contributed by atoms with Crippen molar-refractivity contribution in [3.05, 3.63) is 69.7 Å². The summed E-state index contributed by atoms with van der Waals surface area (Å²) in [6.07, 6.45) is 0.659. The van der Waals surface area contributed by atoms with Gasteiger partial charge in [-0.25, -0.2) is 0 Å². The first-order valence-electron chi connectivity index (χ1n) is 8.91. The fourth-order valence-corrected chi connectivity index (χ4v) is 3.96. The van der Waals surface area contributed by atoms with E-state index in [2.05, 4.69) is 47.6 Å². The number of nitrogens with one attached hydrogen (secondary N) is 1. The Kier molecular flexibility index (Phi) is 5.98. The van der Waals surface area contributed by atoms with Crippen LogP contribution in [0.5, 0.6) is 0 Å². The molecule has 5 nitrogen and oxygen atoms in total. The first-order valence-corrected chi connectivity index (χ1v) is 9.73. The van der Waals surface area contributed by atoms with E-state index in [-0.39, 0.29) is 11.9 Å². The van der Waals surface area contributed by atoms with E-state index in [4.69, 9.17) is 5.73 Å². The summed E-state index contributed by atoms with van der Waals surface area (Å²) in [5.74, 6) is -0.0817. The summed E-state index contributed by atoms with van der Waals surface area (Å²) in [5.41, 5.74) is 11.3. The van der Waals surface area contributed by atoms with E-state index in [1.54, 1.807) is 0 Å². The van der Waals surface area contributed by atoms with E-state index in [1.165, 1.54) is 29.4 Å². The standard InChI is InChI=1S/C21H24N4OS/c1-13-8-14(2)10-18(9-13)20-24-25-21(27-20)19(23-15(3)26)11-16-4-6-17(12-22)7-5-16/h4-10,19H,11-12,22H2,1-3H3,(H,23,26). The molecule has 0 radical (unpaired) electrons. The number of hydrogen-bond acceptors (Lipinski definition) is 5. The van der Waals surface area contributed by atoms with Gasteiger partial charge in [0, 0.05) is 19.0 Å². The number of carbonyl (C=O) groups excluding carboxylic acids is 1. The van der Waals surface area contributed by atoms with Gasteiger partial charge in [0.05, 0.1) is 6.04 Å². The molecule has 0 fully saturated rings. The summed E-state index contributed by atoms with van der Waals surface area (Å²) in [4.78, 5) is 11.7. The van der Waals surface area contributed by atoms with Crippen molar-refractivity contribution in [3.8, 4) is 10.6 Å². The van der Waals surface area contributed by atoms with Crippen molar-refractivity contribution in [2.45, 2.75) is 39.8 Å². The van der Waals surface area contributed by atoms with Crippen molar-refractivity contribution in [2.24, 2.45) is 5.73 Å². The van der Waals surface area contributed by atoms with Crippen molar-refractivity contribution in [2.75, 3.05) is 0 Å². The molecule has 0 bridgehead atoms. The maximum Gasteiger partial charge on any atom is 0.217 e. The fourth-order valence-electron chi connectivity index (χ4n) is 3.08. The molecule has 6 heteroatoms. The lowest BCUT2D eigenvalue weighted by atomic mass is 10.0. The smallest absolute Gasteiger partial charge is 0.217 e. The number of carbonyl (C=O) groups is 1. The number of hydrogen-bond donors (Lipinski definition) is 2. The van der Waals surface area contributed by atoms with Gasteiger partial charge in [0.25, 0.3) is 0 Å². The molecule has 1 heterocycles. The highest BCUT2D eigenvalue weighted by molar-refractivity contribution is 7.14. The number of amides is 1. The second-order valence-electron chi connectivity index (χ2n) is 6.80. The molecule has 0 saturated heterocycles. The van der Waals surface area contributed by atoms with Crippen molar-refractivity contribution >= 4 is 17.2 Å². The largest absolute Gasteiger partial charge is 0.347 e. The molecule has 140 valence electrons. The molecule has 1 unspecified atom stereocenters. The van der Waals surface area contributed by atoms with E-state index in [1.807, 2.05) is 24.3 Å². The number of rotatable bonds is 6. The topological polar surface area (TPSA) is 80.9 Å². The van der Waals surface area contributed by atoms with Crippen LogP contribution in [-0.2, 0) is 17.8 Å². The zero-order chi connectivity index (χ0) is 19.4. The van der Waals surface area contributed by atoms with E-state index in [0.29, 0.717) is 13.0 Å². The third-order valence-electron chi connectivity index (χ3n) is 4.28. The van der Waals surface area contributed by atoms with Crippen LogP contribution in [0.3, 0.4) is 0 Å². The highest BCUT2D eigenvalue weighted by atomic mass is 32.1. The summed E-state index contributed by atoms with van der Waals surface area (Å²) < 4.78 is 0. The zero-order valence-corrected chi connectivity index (χ0v) is 16.6. The third-order valence-corrected chi connectivity index (χ3v) is 5.37. The third kappa shape index (κ3) is 4.99. The van der Waals surface area contributed by atoms with Gasteiger partial charge in [-0.3, -0.25) is 4.79 Å². The molecule has 3 rings (SSSR count). The minimum Gasteiger partial charge on any atom is -0.347 e. The van der Waals surface area contributed by atoms with Gasteiger partial charge in [-0.05, 0) is 43.5 Å². The predicted octanol–water partition coefficient (Wildman–Crippen LogP) is 3.70. The Hall–Kier alpha value is -2.57. The first kappa shape index (κ1) is 19.2. The van der Waals surface area contributed by atoms with Crippen LogP contribution in [0.1, 0.15) is 40.2 Å². The Morgan fingerprint density at radius 1 is 1.07 bits per heavy atom. The van der Waals surface area contributed by atoms with Gasteiger partial charge in [0.1, 0.15) is 10.0 Å². The molecule has 0 saturated carbocycles. The van der Waals surface area contributed by atoms with Crippen molar-refractivity contribution in [1.29, 1.82) is 0 Å². The quantitative estimate of drug-likeness (QED) is 0.683. The van der Waals surface area contributed by atoms with Crippen LogP contribution >= 0.6 is 11.3 Å². The van der Waals surface area contributed by atoms with Crippen LogP contribution < -0.4 is 11.1 Å². The van der Waals surface area contributed by atoms with Crippen LogP contribution in [-0.4, -0.2) is 16.1 Å². The van der Waals surface area contributed by atoms with Gasteiger partial charge in [0.2, 0.25) is 5.91 Å². The zero-order valence-electron chi connectivity index (χ0n) is 15.8. The van der Waals surface area contributed by atoms with Gasteiger partial charge in [-0.15, -0.1) is 10.2 Å².